The van der Waals surface area contributed by atoms with E-state index in [0.29, 0.717) is 12.0 Å². The molecule has 4 heteroatoms. The van der Waals surface area contributed by atoms with Crippen LogP contribution in [0.25, 0.3) is 0 Å². The molecule has 1 rings (SSSR count). The quantitative estimate of drug-likeness (QED) is 0.800. The van der Waals surface area contributed by atoms with Crippen molar-refractivity contribution in [2.75, 3.05) is 6.54 Å². The molecular formula is C14H26N2OS. The van der Waals surface area contributed by atoms with E-state index in [-0.39, 0.29) is 6.10 Å². The van der Waals surface area contributed by atoms with Gasteiger partial charge in [0.25, 0.3) is 0 Å². The summed E-state index contributed by atoms with van der Waals surface area (Å²) >= 11 is 1.81. The van der Waals surface area contributed by atoms with Crippen LogP contribution in [0.5, 0.6) is 0 Å². The Labute approximate surface area is 115 Å². The molecule has 0 radical (unpaired) electrons. The molecule has 1 heterocycles. The number of rotatable bonds is 7. The van der Waals surface area contributed by atoms with Crippen molar-refractivity contribution < 1.29 is 5.11 Å². The van der Waals surface area contributed by atoms with Gasteiger partial charge in [-0.05, 0) is 46.1 Å². The maximum Gasteiger partial charge on any atom is 0.0928 e. The highest BCUT2D eigenvalue weighted by atomic mass is 32.1. The second kappa shape index (κ2) is 7.22. The molecule has 0 amide bonds. The van der Waals surface area contributed by atoms with Crippen molar-refractivity contribution in [3.05, 3.63) is 15.6 Å². The fraction of sp³-hybridized carbons (Fsp3) is 0.786. The van der Waals surface area contributed by atoms with Gasteiger partial charge in [-0.3, -0.25) is 0 Å². The van der Waals surface area contributed by atoms with Crippen molar-refractivity contribution >= 4 is 11.3 Å². The summed E-state index contributed by atoms with van der Waals surface area (Å²) in [7, 11) is 0. The third-order valence-electron chi connectivity index (χ3n) is 3.09. The SMILES string of the molecule is CCc1nc(C)c(C(C)NCC(C)CC(C)O)s1. The molecule has 0 spiro atoms. The van der Waals surface area contributed by atoms with E-state index in [0.717, 1.165) is 25.1 Å². The molecule has 104 valence electrons. The minimum absolute atomic E-state index is 0.214. The molecule has 0 aromatic carbocycles. The van der Waals surface area contributed by atoms with E-state index in [1.807, 2.05) is 18.3 Å². The molecule has 0 bridgehead atoms. The first-order chi connectivity index (χ1) is 8.43. The molecule has 3 unspecified atom stereocenters. The van der Waals surface area contributed by atoms with E-state index in [1.54, 1.807) is 0 Å². The van der Waals surface area contributed by atoms with Gasteiger partial charge in [0.1, 0.15) is 0 Å². The van der Waals surface area contributed by atoms with Gasteiger partial charge in [0.15, 0.2) is 0 Å². The lowest BCUT2D eigenvalue weighted by molar-refractivity contribution is 0.162. The Morgan fingerprint density at radius 2 is 2.00 bits per heavy atom. The molecule has 0 fully saturated rings. The van der Waals surface area contributed by atoms with E-state index in [9.17, 15) is 5.11 Å². The largest absolute Gasteiger partial charge is 0.393 e. The smallest absolute Gasteiger partial charge is 0.0928 e. The average molecular weight is 270 g/mol. The van der Waals surface area contributed by atoms with E-state index in [1.165, 1.54) is 9.88 Å². The lowest BCUT2D eigenvalue weighted by atomic mass is 10.0. The van der Waals surface area contributed by atoms with Gasteiger partial charge in [0.2, 0.25) is 0 Å². The summed E-state index contributed by atoms with van der Waals surface area (Å²) in [5.74, 6) is 0.492. The molecule has 1 aromatic rings. The minimum Gasteiger partial charge on any atom is -0.393 e. The summed E-state index contributed by atoms with van der Waals surface area (Å²) in [4.78, 5) is 5.91. The van der Waals surface area contributed by atoms with Crippen molar-refractivity contribution in [2.24, 2.45) is 5.92 Å². The third kappa shape index (κ3) is 4.67. The fourth-order valence-electron chi connectivity index (χ4n) is 2.15. The van der Waals surface area contributed by atoms with Gasteiger partial charge in [0.05, 0.1) is 16.8 Å². The first-order valence-corrected chi connectivity index (χ1v) is 7.63. The normalized spacial score (nSPS) is 16.6. The van der Waals surface area contributed by atoms with Crippen molar-refractivity contribution in [3.8, 4) is 0 Å². The van der Waals surface area contributed by atoms with Gasteiger partial charge in [-0.25, -0.2) is 4.98 Å². The molecule has 18 heavy (non-hydrogen) atoms. The molecule has 2 N–H and O–H groups in total. The standard InChI is InChI=1S/C14H26N2OS/c1-6-13-16-12(5)14(18-13)11(4)15-8-9(2)7-10(3)17/h9-11,15,17H,6-8H2,1-5H3. The lowest BCUT2D eigenvalue weighted by Crippen LogP contribution is -2.26. The molecule has 1 aromatic heterocycles. The van der Waals surface area contributed by atoms with Crippen LogP contribution in [-0.2, 0) is 6.42 Å². The zero-order valence-corrected chi connectivity index (χ0v) is 13.0. The molecule has 0 aliphatic heterocycles. The number of aliphatic hydroxyl groups excluding tert-OH is 1. The van der Waals surface area contributed by atoms with Gasteiger partial charge in [-0.2, -0.15) is 0 Å². The van der Waals surface area contributed by atoms with Crippen LogP contribution in [0.2, 0.25) is 0 Å². The Morgan fingerprint density at radius 1 is 1.33 bits per heavy atom. The van der Waals surface area contributed by atoms with Gasteiger partial charge < -0.3 is 10.4 Å². The number of nitrogens with one attached hydrogen (secondary N) is 1. The first-order valence-electron chi connectivity index (χ1n) is 6.81. The predicted octanol–water partition coefficient (Wildman–Crippen LogP) is 3.07. The molecule has 3 nitrogen and oxygen atoms in total. The Morgan fingerprint density at radius 3 is 2.50 bits per heavy atom. The van der Waals surface area contributed by atoms with Gasteiger partial charge in [0, 0.05) is 10.9 Å². The summed E-state index contributed by atoms with van der Waals surface area (Å²) in [6, 6.07) is 0.347. The number of nitrogens with zero attached hydrogens (tertiary/aromatic N) is 1. The topological polar surface area (TPSA) is 45.2 Å². The lowest BCUT2D eigenvalue weighted by Gasteiger charge is -2.18. The summed E-state index contributed by atoms with van der Waals surface area (Å²) in [5, 5.41) is 14.1. The van der Waals surface area contributed by atoms with Crippen LogP contribution in [0.15, 0.2) is 0 Å². The van der Waals surface area contributed by atoms with E-state index < -0.39 is 0 Å². The van der Waals surface area contributed by atoms with Crippen LogP contribution < -0.4 is 5.32 Å². The van der Waals surface area contributed by atoms with Crippen LogP contribution >= 0.6 is 11.3 Å². The Bertz CT molecular complexity index is 363. The average Bonchev–Trinajstić information content (AvgIpc) is 2.66. The molecule has 3 atom stereocenters. The van der Waals surface area contributed by atoms with Crippen molar-refractivity contribution in [1.82, 2.24) is 10.3 Å². The first kappa shape index (κ1) is 15.6. The number of aryl methyl sites for hydroxylation is 2. The zero-order valence-electron chi connectivity index (χ0n) is 12.2. The highest BCUT2D eigenvalue weighted by Crippen LogP contribution is 2.25. The molecule has 0 aliphatic carbocycles. The summed E-state index contributed by atoms with van der Waals surface area (Å²) in [6.45, 7) is 11.4. The maximum atomic E-state index is 9.35. The Kier molecular flexibility index (Phi) is 6.26. The number of hydrogen-bond acceptors (Lipinski definition) is 4. The molecule has 0 saturated heterocycles. The number of aliphatic hydroxyl groups is 1. The number of hydrogen-bond donors (Lipinski definition) is 2. The van der Waals surface area contributed by atoms with Crippen LogP contribution in [0.3, 0.4) is 0 Å². The monoisotopic (exact) mass is 270 g/mol. The van der Waals surface area contributed by atoms with Gasteiger partial charge >= 0.3 is 0 Å². The Balaban J connectivity index is 2.49. The molecule has 0 saturated carbocycles. The van der Waals surface area contributed by atoms with E-state index >= 15 is 0 Å². The Hall–Kier alpha value is -0.450. The molecule has 0 aliphatic rings. The molecular weight excluding hydrogens is 244 g/mol. The maximum absolute atomic E-state index is 9.35. The zero-order chi connectivity index (χ0) is 13.7. The third-order valence-corrected chi connectivity index (χ3v) is 4.57. The fourth-order valence-corrected chi connectivity index (χ4v) is 3.19. The highest BCUT2D eigenvalue weighted by Gasteiger charge is 2.14. The van der Waals surface area contributed by atoms with E-state index in [4.69, 9.17) is 0 Å². The van der Waals surface area contributed by atoms with E-state index in [2.05, 4.69) is 38.0 Å². The highest BCUT2D eigenvalue weighted by molar-refractivity contribution is 7.11. The van der Waals surface area contributed by atoms with Crippen LogP contribution in [0.1, 0.15) is 55.7 Å². The van der Waals surface area contributed by atoms with Gasteiger partial charge in [-0.15, -0.1) is 11.3 Å². The van der Waals surface area contributed by atoms with Crippen LogP contribution in [0, 0.1) is 12.8 Å². The summed E-state index contributed by atoms with van der Waals surface area (Å²) in [5.41, 5.74) is 1.15. The summed E-state index contributed by atoms with van der Waals surface area (Å²) in [6.07, 6.45) is 1.65. The number of thiazole rings is 1. The second-order valence-corrected chi connectivity index (χ2v) is 6.35. The second-order valence-electron chi connectivity index (χ2n) is 5.23. The van der Waals surface area contributed by atoms with Crippen LogP contribution in [-0.4, -0.2) is 22.7 Å². The minimum atomic E-state index is -0.214. The van der Waals surface area contributed by atoms with Crippen molar-refractivity contribution in [1.29, 1.82) is 0 Å². The van der Waals surface area contributed by atoms with Crippen molar-refractivity contribution in [2.45, 2.75) is 59.6 Å². The predicted molar refractivity (Wildman–Crippen MR) is 78.1 cm³/mol. The van der Waals surface area contributed by atoms with Gasteiger partial charge in [-0.1, -0.05) is 13.8 Å². The number of aromatic nitrogens is 1. The summed E-state index contributed by atoms with van der Waals surface area (Å²) < 4.78 is 0. The van der Waals surface area contributed by atoms with Crippen LogP contribution in [0.4, 0.5) is 0 Å². The van der Waals surface area contributed by atoms with Crippen molar-refractivity contribution in [3.63, 3.8) is 0 Å².